The van der Waals surface area contributed by atoms with E-state index in [4.69, 9.17) is 10.5 Å². The van der Waals surface area contributed by atoms with Gasteiger partial charge in [-0.2, -0.15) is 0 Å². The summed E-state index contributed by atoms with van der Waals surface area (Å²) in [6.45, 7) is 6.59. The lowest BCUT2D eigenvalue weighted by Crippen LogP contribution is -2.74. The van der Waals surface area contributed by atoms with Crippen molar-refractivity contribution in [2.75, 3.05) is 11.9 Å². The second kappa shape index (κ2) is 6.06. The number of nitrogens with one attached hydrogen (secondary N) is 2. The van der Waals surface area contributed by atoms with Crippen molar-refractivity contribution in [3.8, 4) is 0 Å². The summed E-state index contributed by atoms with van der Waals surface area (Å²) in [6, 6.07) is 5.78. The Hall–Kier alpha value is -1.92. The van der Waals surface area contributed by atoms with Crippen LogP contribution in [0.2, 0.25) is 0 Å². The SMILES string of the molecule is CCOC1CC(N)(C(=O)Nc2ccc3nc(C4CCC4)[nH]c3c2)C1(C)C. The standard InChI is InChI=1S/C20H28N4O2/c1-4-26-16-11-20(21,19(16,2)3)18(25)22-13-8-9-14-15(10-13)24-17(23-14)12-6-5-7-12/h8-10,12,16H,4-7,11,21H2,1-3H3,(H,22,25)(H,23,24). The molecule has 2 atom stereocenters. The number of benzene rings is 1. The van der Waals surface area contributed by atoms with Crippen LogP contribution in [-0.4, -0.2) is 34.1 Å². The molecule has 4 N–H and O–H groups in total. The van der Waals surface area contributed by atoms with Crippen LogP contribution in [0.5, 0.6) is 0 Å². The van der Waals surface area contributed by atoms with Gasteiger partial charge in [-0.25, -0.2) is 4.98 Å². The molecule has 1 aromatic carbocycles. The fourth-order valence-corrected chi connectivity index (χ4v) is 4.05. The maximum atomic E-state index is 12.9. The maximum absolute atomic E-state index is 12.9. The first-order valence-electron chi connectivity index (χ1n) is 9.57. The smallest absolute Gasteiger partial charge is 0.245 e. The number of nitrogens with two attached hydrogens (primary N) is 1. The summed E-state index contributed by atoms with van der Waals surface area (Å²) < 4.78 is 5.71. The Morgan fingerprint density at radius 1 is 1.42 bits per heavy atom. The fourth-order valence-electron chi connectivity index (χ4n) is 4.05. The highest BCUT2D eigenvalue weighted by molar-refractivity contribution is 6.00. The molecule has 6 nitrogen and oxygen atoms in total. The average Bonchev–Trinajstić information content (AvgIpc) is 2.95. The number of ether oxygens (including phenoxy) is 1. The number of amides is 1. The Balaban J connectivity index is 1.50. The first kappa shape index (κ1) is 17.5. The molecule has 0 spiro atoms. The Morgan fingerprint density at radius 2 is 2.19 bits per heavy atom. The summed E-state index contributed by atoms with van der Waals surface area (Å²) >= 11 is 0. The average molecular weight is 356 g/mol. The predicted octanol–water partition coefficient (Wildman–Crippen LogP) is 3.30. The normalized spacial score (nSPS) is 27.8. The molecule has 140 valence electrons. The van der Waals surface area contributed by atoms with Crippen LogP contribution >= 0.6 is 0 Å². The number of carbonyl (C=O) groups excluding carboxylic acids is 1. The van der Waals surface area contributed by atoms with Crippen molar-refractivity contribution in [3.05, 3.63) is 24.0 Å². The molecule has 26 heavy (non-hydrogen) atoms. The number of hydrogen-bond donors (Lipinski definition) is 3. The van der Waals surface area contributed by atoms with E-state index in [1.807, 2.05) is 39.0 Å². The second-order valence-electron chi connectivity index (χ2n) is 8.28. The molecular formula is C20H28N4O2. The number of nitrogens with zero attached hydrogens (tertiary/aromatic N) is 1. The van der Waals surface area contributed by atoms with Crippen molar-refractivity contribution in [2.45, 2.75) is 64.0 Å². The van der Waals surface area contributed by atoms with E-state index < -0.39 is 11.0 Å². The zero-order chi connectivity index (χ0) is 18.5. The highest BCUT2D eigenvalue weighted by atomic mass is 16.5. The molecule has 2 aromatic rings. The Kier molecular flexibility index (Phi) is 4.08. The molecule has 1 heterocycles. The third-order valence-electron chi connectivity index (χ3n) is 6.49. The van der Waals surface area contributed by atoms with Gasteiger partial charge in [0.2, 0.25) is 5.91 Å². The van der Waals surface area contributed by atoms with E-state index in [0.717, 1.165) is 22.5 Å². The highest BCUT2D eigenvalue weighted by Gasteiger charge is 2.62. The van der Waals surface area contributed by atoms with E-state index in [-0.39, 0.29) is 12.0 Å². The van der Waals surface area contributed by atoms with Gasteiger partial charge in [0.05, 0.1) is 17.1 Å². The van der Waals surface area contributed by atoms with Gasteiger partial charge >= 0.3 is 0 Å². The topological polar surface area (TPSA) is 93.0 Å². The molecule has 1 aromatic heterocycles. The zero-order valence-corrected chi connectivity index (χ0v) is 15.8. The van der Waals surface area contributed by atoms with Crippen LogP contribution in [0.1, 0.15) is 58.2 Å². The minimum Gasteiger partial charge on any atom is -0.378 e. The van der Waals surface area contributed by atoms with Crippen LogP contribution in [0.25, 0.3) is 11.0 Å². The van der Waals surface area contributed by atoms with Crippen LogP contribution in [-0.2, 0) is 9.53 Å². The molecule has 2 aliphatic rings. The Morgan fingerprint density at radius 3 is 2.81 bits per heavy atom. The van der Waals surface area contributed by atoms with Gasteiger partial charge in [0.1, 0.15) is 11.4 Å². The summed E-state index contributed by atoms with van der Waals surface area (Å²) in [5.74, 6) is 1.46. The van der Waals surface area contributed by atoms with Gasteiger partial charge in [-0.1, -0.05) is 20.3 Å². The quantitative estimate of drug-likeness (QED) is 0.766. The number of imidazole rings is 1. The molecule has 6 heteroatoms. The van der Waals surface area contributed by atoms with Crippen molar-refractivity contribution in [1.82, 2.24) is 9.97 Å². The Labute approximate surface area is 153 Å². The molecule has 0 radical (unpaired) electrons. The van der Waals surface area contributed by atoms with E-state index in [1.54, 1.807) is 0 Å². The van der Waals surface area contributed by atoms with Crippen molar-refractivity contribution in [3.63, 3.8) is 0 Å². The molecule has 2 aliphatic carbocycles. The number of aromatic amines is 1. The molecule has 0 aliphatic heterocycles. The molecular weight excluding hydrogens is 328 g/mol. The number of carbonyl (C=O) groups is 1. The lowest BCUT2D eigenvalue weighted by Gasteiger charge is -2.57. The molecule has 0 saturated heterocycles. The van der Waals surface area contributed by atoms with Gasteiger partial charge in [-0.05, 0) is 38.0 Å². The van der Waals surface area contributed by atoms with Crippen LogP contribution in [0, 0.1) is 5.41 Å². The predicted molar refractivity (Wildman–Crippen MR) is 102 cm³/mol. The summed E-state index contributed by atoms with van der Waals surface area (Å²) in [4.78, 5) is 20.9. The van der Waals surface area contributed by atoms with Crippen molar-refractivity contribution in [2.24, 2.45) is 11.1 Å². The minimum atomic E-state index is -0.924. The molecule has 1 amide bonds. The monoisotopic (exact) mass is 356 g/mol. The van der Waals surface area contributed by atoms with Gasteiger partial charge in [0, 0.05) is 30.0 Å². The lowest BCUT2D eigenvalue weighted by molar-refractivity contribution is -0.166. The van der Waals surface area contributed by atoms with E-state index in [2.05, 4.69) is 15.3 Å². The van der Waals surface area contributed by atoms with Crippen molar-refractivity contribution >= 4 is 22.6 Å². The lowest BCUT2D eigenvalue weighted by atomic mass is 9.54. The van der Waals surface area contributed by atoms with E-state index >= 15 is 0 Å². The first-order chi connectivity index (χ1) is 12.3. The van der Waals surface area contributed by atoms with Crippen LogP contribution in [0.4, 0.5) is 5.69 Å². The van der Waals surface area contributed by atoms with Crippen molar-refractivity contribution in [1.29, 1.82) is 0 Å². The van der Waals surface area contributed by atoms with Crippen molar-refractivity contribution < 1.29 is 9.53 Å². The van der Waals surface area contributed by atoms with Crippen LogP contribution < -0.4 is 11.1 Å². The van der Waals surface area contributed by atoms with E-state index in [0.29, 0.717) is 18.9 Å². The van der Waals surface area contributed by atoms with Gasteiger partial charge in [-0.15, -0.1) is 0 Å². The highest BCUT2D eigenvalue weighted by Crippen LogP contribution is 2.50. The number of aromatic nitrogens is 2. The van der Waals surface area contributed by atoms with Gasteiger partial charge in [0.15, 0.2) is 0 Å². The Bertz CT molecular complexity index is 839. The van der Waals surface area contributed by atoms with E-state index in [9.17, 15) is 4.79 Å². The van der Waals surface area contributed by atoms with Crippen LogP contribution in [0.15, 0.2) is 18.2 Å². The molecule has 2 saturated carbocycles. The minimum absolute atomic E-state index is 0.0170. The summed E-state index contributed by atoms with van der Waals surface area (Å²) in [5, 5.41) is 2.99. The summed E-state index contributed by atoms with van der Waals surface area (Å²) in [7, 11) is 0. The maximum Gasteiger partial charge on any atom is 0.245 e. The van der Waals surface area contributed by atoms with Crippen LogP contribution in [0.3, 0.4) is 0 Å². The van der Waals surface area contributed by atoms with Gasteiger partial charge < -0.3 is 20.8 Å². The summed E-state index contributed by atoms with van der Waals surface area (Å²) in [6.07, 6.45) is 4.24. The number of rotatable bonds is 5. The molecule has 2 unspecified atom stereocenters. The van der Waals surface area contributed by atoms with E-state index in [1.165, 1.54) is 19.3 Å². The molecule has 4 rings (SSSR count). The number of anilines is 1. The first-order valence-corrected chi connectivity index (χ1v) is 9.57. The largest absolute Gasteiger partial charge is 0.378 e. The number of fused-ring (bicyclic) bond motifs is 1. The second-order valence-corrected chi connectivity index (χ2v) is 8.28. The summed E-state index contributed by atoms with van der Waals surface area (Å²) in [5.41, 5.74) is 7.77. The molecule has 2 fully saturated rings. The van der Waals surface area contributed by atoms with Gasteiger partial charge in [0.25, 0.3) is 0 Å². The van der Waals surface area contributed by atoms with Gasteiger partial charge in [-0.3, -0.25) is 4.79 Å². The molecule has 0 bridgehead atoms. The third-order valence-corrected chi connectivity index (χ3v) is 6.49. The third kappa shape index (κ3) is 2.55. The zero-order valence-electron chi connectivity index (χ0n) is 15.8. The fraction of sp³-hybridized carbons (Fsp3) is 0.600. The number of hydrogen-bond acceptors (Lipinski definition) is 4. The number of H-pyrrole nitrogens is 1.